The van der Waals surface area contributed by atoms with Crippen LogP contribution in [0.2, 0.25) is 0 Å². The lowest BCUT2D eigenvalue weighted by Crippen LogP contribution is -2.50. The molecule has 0 spiro atoms. The van der Waals surface area contributed by atoms with Crippen molar-refractivity contribution in [2.75, 3.05) is 13.1 Å². The molecule has 0 aliphatic carbocycles. The van der Waals surface area contributed by atoms with Gasteiger partial charge in [-0.25, -0.2) is 0 Å². The van der Waals surface area contributed by atoms with E-state index in [1.54, 1.807) is 11.3 Å². The number of nitrogens with zero attached hydrogens (tertiary/aromatic N) is 1. The summed E-state index contributed by atoms with van der Waals surface area (Å²) in [7, 11) is 0. The predicted molar refractivity (Wildman–Crippen MR) is 72.9 cm³/mol. The van der Waals surface area contributed by atoms with Crippen molar-refractivity contribution >= 4 is 17.1 Å². The molecule has 1 aromatic heterocycles. The van der Waals surface area contributed by atoms with Crippen LogP contribution < -0.4 is 0 Å². The third-order valence-electron chi connectivity index (χ3n) is 4.09. The smallest absolute Gasteiger partial charge is 0.183 e. The van der Waals surface area contributed by atoms with Crippen LogP contribution >= 0.6 is 11.3 Å². The first kappa shape index (κ1) is 12.8. The van der Waals surface area contributed by atoms with E-state index in [1.807, 2.05) is 18.4 Å². The number of rotatable bonds is 4. The van der Waals surface area contributed by atoms with E-state index in [-0.39, 0.29) is 5.54 Å². The molecule has 1 fully saturated rings. The molecule has 0 bridgehead atoms. The third-order valence-corrected chi connectivity index (χ3v) is 4.93. The van der Waals surface area contributed by atoms with Crippen molar-refractivity contribution in [1.29, 1.82) is 0 Å². The fourth-order valence-corrected chi connectivity index (χ4v) is 3.35. The summed E-state index contributed by atoms with van der Waals surface area (Å²) in [5, 5.41) is 2.02. The zero-order chi connectivity index (χ0) is 12.5. The lowest BCUT2D eigenvalue weighted by Gasteiger charge is -2.36. The molecule has 17 heavy (non-hydrogen) atoms. The molecule has 3 heteroatoms. The highest BCUT2D eigenvalue weighted by Crippen LogP contribution is 2.30. The van der Waals surface area contributed by atoms with Crippen molar-refractivity contribution in [2.24, 2.45) is 0 Å². The number of likely N-dealkylation sites (tertiary alicyclic amines) is 1. The molecule has 1 unspecified atom stereocenters. The minimum Gasteiger partial charge on any atom is -0.292 e. The molecule has 1 saturated heterocycles. The largest absolute Gasteiger partial charge is 0.292 e. The van der Waals surface area contributed by atoms with Gasteiger partial charge in [-0.2, -0.15) is 0 Å². The van der Waals surface area contributed by atoms with E-state index in [1.165, 1.54) is 12.8 Å². The van der Waals surface area contributed by atoms with Gasteiger partial charge < -0.3 is 0 Å². The summed E-state index contributed by atoms with van der Waals surface area (Å²) in [6, 6.07) is 1.98. The Bertz CT molecular complexity index is 406. The molecule has 94 valence electrons. The molecule has 2 rings (SSSR count). The van der Waals surface area contributed by atoms with Crippen molar-refractivity contribution in [3.8, 4) is 0 Å². The van der Waals surface area contributed by atoms with Gasteiger partial charge in [0.05, 0.1) is 5.54 Å². The van der Waals surface area contributed by atoms with Crippen molar-refractivity contribution in [3.63, 3.8) is 0 Å². The Morgan fingerprint density at radius 1 is 1.47 bits per heavy atom. The fourth-order valence-electron chi connectivity index (χ4n) is 2.65. The maximum absolute atomic E-state index is 12.7. The number of carbonyl (C=O) groups excluding carboxylic acids is 1. The molecule has 0 amide bonds. The second-order valence-corrected chi connectivity index (χ2v) is 6.16. The highest BCUT2D eigenvalue weighted by atomic mass is 32.1. The first-order valence-corrected chi connectivity index (χ1v) is 7.31. The third kappa shape index (κ3) is 2.18. The summed E-state index contributed by atoms with van der Waals surface area (Å²) < 4.78 is 0. The molecule has 0 saturated carbocycles. The molecular formula is C14H21NOS. The first-order valence-electron chi connectivity index (χ1n) is 6.43. The second kappa shape index (κ2) is 4.91. The van der Waals surface area contributed by atoms with Gasteiger partial charge in [0.2, 0.25) is 0 Å². The van der Waals surface area contributed by atoms with Crippen LogP contribution in [0.1, 0.15) is 48.3 Å². The van der Waals surface area contributed by atoms with Gasteiger partial charge in [0.15, 0.2) is 5.78 Å². The van der Waals surface area contributed by atoms with Crippen molar-refractivity contribution in [1.82, 2.24) is 4.90 Å². The van der Waals surface area contributed by atoms with Crippen molar-refractivity contribution in [2.45, 2.75) is 45.6 Å². The zero-order valence-corrected chi connectivity index (χ0v) is 11.8. The van der Waals surface area contributed by atoms with Gasteiger partial charge in [0.1, 0.15) is 0 Å². The van der Waals surface area contributed by atoms with E-state index in [0.717, 1.165) is 30.0 Å². The summed E-state index contributed by atoms with van der Waals surface area (Å²) in [5.74, 6) is 0.306. The molecule has 0 aromatic carbocycles. The van der Waals surface area contributed by atoms with Crippen molar-refractivity contribution < 1.29 is 4.79 Å². The Labute approximate surface area is 108 Å². The van der Waals surface area contributed by atoms with Crippen LogP contribution in [-0.2, 0) is 0 Å². The maximum atomic E-state index is 12.7. The number of Topliss-reactive ketones (excluding diaryl/α,β-unsaturated/α-hetero) is 1. The van der Waals surface area contributed by atoms with Gasteiger partial charge in [0, 0.05) is 10.4 Å². The number of ketones is 1. The lowest BCUT2D eigenvalue weighted by atomic mass is 9.87. The number of hydrogen-bond donors (Lipinski definition) is 0. The summed E-state index contributed by atoms with van der Waals surface area (Å²) in [5.41, 5.74) is 0.619. The molecule has 2 heterocycles. The fraction of sp³-hybridized carbons (Fsp3) is 0.643. The standard InChI is InChI=1S/C14H21NOS/c1-4-14(3,15-8-5-6-9-15)13(16)12-7-10-17-11(12)2/h7,10H,4-6,8-9H2,1-3H3. The predicted octanol–water partition coefficient (Wildman–Crippen LogP) is 3.50. The van der Waals surface area contributed by atoms with Crippen molar-refractivity contribution in [3.05, 3.63) is 21.9 Å². The van der Waals surface area contributed by atoms with E-state index in [0.29, 0.717) is 5.78 Å². The highest BCUT2D eigenvalue weighted by Gasteiger charge is 2.39. The molecular weight excluding hydrogens is 230 g/mol. The molecule has 1 atom stereocenters. The SMILES string of the molecule is CCC(C)(C(=O)c1ccsc1C)N1CCCC1. The highest BCUT2D eigenvalue weighted by molar-refractivity contribution is 7.10. The number of thiophene rings is 1. The molecule has 0 N–H and O–H groups in total. The summed E-state index contributed by atoms with van der Waals surface area (Å²) in [4.78, 5) is 16.2. The molecule has 2 nitrogen and oxygen atoms in total. The van der Waals surface area contributed by atoms with Gasteiger partial charge >= 0.3 is 0 Å². The summed E-state index contributed by atoms with van der Waals surface area (Å²) in [6.45, 7) is 8.41. The Hall–Kier alpha value is -0.670. The summed E-state index contributed by atoms with van der Waals surface area (Å²) >= 11 is 1.66. The molecule has 1 aromatic rings. The maximum Gasteiger partial charge on any atom is 0.183 e. The Balaban J connectivity index is 2.28. The van der Waals surface area contributed by atoms with Gasteiger partial charge in [0.25, 0.3) is 0 Å². The van der Waals surface area contributed by atoms with Crippen LogP contribution in [-0.4, -0.2) is 29.3 Å². The number of hydrogen-bond acceptors (Lipinski definition) is 3. The minimum atomic E-state index is -0.303. The second-order valence-electron chi connectivity index (χ2n) is 5.04. The van der Waals surface area contributed by atoms with E-state index >= 15 is 0 Å². The van der Waals surface area contributed by atoms with Crippen LogP contribution in [0.25, 0.3) is 0 Å². The zero-order valence-electron chi connectivity index (χ0n) is 11.0. The van der Waals surface area contributed by atoms with E-state index in [4.69, 9.17) is 0 Å². The molecule has 1 aliphatic heterocycles. The summed E-state index contributed by atoms with van der Waals surface area (Å²) in [6.07, 6.45) is 3.35. The van der Waals surface area contributed by atoms with Gasteiger partial charge in [-0.3, -0.25) is 9.69 Å². The topological polar surface area (TPSA) is 20.3 Å². The molecule has 0 radical (unpaired) electrons. The van der Waals surface area contributed by atoms with E-state index < -0.39 is 0 Å². The van der Waals surface area contributed by atoms with E-state index in [9.17, 15) is 4.79 Å². The lowest BCUT2D eigenvalue weighted by molar-refractivity contribution is 0.0647. The van der Waals surface area contributed by atoms with E-state index in [2.05, 4.69) is 18.7 Å². The first-order chi connectivity index (χ1) is 8.09. The minimum absolute atomic E-state index is 0.303. The monoisotopic (exact) mass is 251 g/mol. The van der Waals surface area contributed by atoms with Crippen LogP contribution in [0, 0.1) is 6.92 Å². The number of aryl methyl sites for hydroxylation is 1. The molecule has 1 aliphatic rings. The quantitative estimate of drug-likeness (QED) is 0.763. The number of carbonyl (C=O) groups is 1. The van der Waals surface area contributed by atoms with Gasteiger partial charge in [-0.05, 0) is 57.6 Å². The van der Waals surface area contributed by atoms with Gasteiger partial charge in [-0.15, -0.1) is 11.3 Å². The normalized spacial score (nSPS) is 20.4. The van der Waals surface area contributed by atoms with Crippen LogP contribution in [0.5, 0.6) is 0 Å². The van der Waals surface area contributed by atoms with Crippen LogP contribution in [0.15, 0.2) is 11.4 Å². The average molecular weight is 251 g/mol. The van der Waals surface area contributed by atoms with Gasteiger partial charge in [-0.1, -0.05) is 6.92 Å². The Morgan fingerprint density at radius 3 is 2.59 bits per heavy atom. The average Bonchev–Trinajstić information content (AvgIpc) is 2.97. The van der Waals surface area contributed by atoms with Crippen LogP contribution in [0.4, 0.5) is 0 Å². The Kier molecular flexibility index (Phi) is 3.69. The Morgan fingerprint density at radius 2 is 2.12 bits per heavy atom. The van der Waals surface area contributed by atoms with Crippen LogP contribution in [0.3, 0.4) is 0 Å².